The predicted molar refractivity (Wildman–Crippen MR) is 146 cm³/mol. The maximum atomic E-state index is 14.1. The first-order chi connectivity index (χ1) is 19.9. The number of carbonyl (C=O) groups excluding carboxylic acids is 1. The molecule has 4 atom stereocenters. The highest BCUT2D eigenvalue weighted by Gasteiger charge is 2.56. The number of piperidine rings is 1. The highest BCUT2D eigenvalue weighted by Crippen LogP contribution is 2.52. The number of carbonyl (C=O) groups is 1. The molecule has 12 heteroatoms. The number of ether oxygens (including phenoxy) is 1. The SMILES string of the molecule is Cc1cc(F)ccc1[C@@H]1C[C@@]2(CCN1C(=O)N(C)[C@H](C)c1cc(C(F)(F)F)cc(C(F)(F)F)c1)CC[C@]1(C)COCCN12. The van der Waals surface area contributed by atoms with Crippen LogP contribution in [0.2, 0.25) is 0 Å². The summed E-state index contributed by atoms with van der Waals surface area (Å²) in [5.41, 5.74) is -2.09. The molecule has 3 heterocycles. The summed E-state index contributed by atoms with van der Waals surface area (Å²) in [6, 6.07) is 3.70. The molecule has 0 bridgehead atoms. The molecule has 0 aromatic heterocycles. The molecule has 5 rings (SSSR count). The summed E-state index contributed by atoms with van der Waals surface area (Å²) in [4.78, 5) is 19.4. The number of urea groups is 1. The van der Waals surface area contributed by atoms with Crippen LogP contribution >= 0.6 is 0 Å². The zero-order valence-corrected chi connectivity index (χ0v) is 24.6. The summed E-state index contributed by atoms with van der Waals surface area (Å²) in [6.45, 7) is 7.62. The average molecular weight is 616 g/mol. The molecule has 0 N–H and O–H groups in total. The van der Waals surface area contributed by atoms with Gasteiger partial charge in [0, 0.05) is 31.2 Å². The van der Waals surface area contributed by atoms with Crippen LogP contribution in [0, 0.1) is 12.7 Å². The van der Waals surface area contributed by atoms with Gasteiger partial charge in [-0.1, -0.05) is 6.07 Å². The third kappa shape index (κ3) is 5.84. The highest BCUT2D eigenvalue weighted by atomic mass is 19.4. The van der Waals surface area contributed by atoms with Gasteiger partial charge in [-0.2, -0.15) is 26.3 Å². The molecule has 43 heavy (non-hydrogen) atoms. The first-order valence-corrected chi connectivity index (χ1v) is 14.4. The maximum absolute atomic E-state index is 14.1. The van der Waals surface area contributed by atoms with Crippen molar-refractivity contribution >= 4 is 6.03 Å². The number of benzene rings is 2. The lowest BCUT2D eigenvalue weighted by Crippen LogP contribution is -2.62. The van der Waals surface area contributed by atoms with Crippen LogP contribution in [-0.4, -0.2) is 65.2 Å². The summed E-state index contributed by atoms with van der Waals surface area (Å²) in [6.07, 6.45) is -6.98. The molecule has 3 aliphatic heterocycles. The van der Waals surface area contributed by atoms with Crippen LogP contribution < -0.4 is 0 Å². The first-order valence-electron chi connectivity index (χ1n) is 14.4. The van der Waals surface area contributed by atoms with Gasteiger partial charge in [0.2, 0.25) is 0 Å². The fourth-order valence-corrected chi connectivity index (χ4v) is 7.31. The number of alkyl halides is 6. The van der Waals surface area contributed by atoms with E-state index < -0.39 is 47.4 Å². The lowest BCUT2D eigenvalue weighted by molar-refractivity contribution is -0.143. The van der Waals surface area contributed by atoms with Crippen molar-refractivity contribution < 1.29 is 40.3 Å². The van der Waals surface area contributed by atoms with Crippen LogP contribution in [-0.2, 0) is 17.1 Å². The molecule has 2 aromatic rings. The molecule has 3 fully saturated rings. The van der Waals surface area contributed by atoms with Crippen LogP contribution in [0.25, 0.3) is 0 Å². The van der Waals surface area contributed by atoms with Crippen LogP contribution in [0.4, 0.5) is 35.5 Å². The number of hydrogen-bond acceptors (Lipinski definition) is 3. The van der Waals surface area contributed by atoms with E-state index in [1.807, 2.05) is 0 Å². The summed E-state index contributed by atoms with van der Waals surface area (Å²) in [5.74, 6) is -0.415. The number of fused-ring (bicyclic) bond motifs is 2. The summed E-state index contributed by atoms with van der Waals surface area (Å²) < 4.78 is 101. The monoisotopic (exact) mass is 615 g/mol. The third-order valence-corrected chi connectivity index (χ3v) is 9.80. The second-order valence-electron chi connectivity index (χ2n) is 12.5. The zero-order chi connectivity index (χ0) is 31.5. The van der Waals surface area contributed by atoms with Crippen molar-refractivity contribution in [3.63, 3.8) is 0 Å². The van der Waals surface area contributed by atoms with Gasteiger partial charge in [0.1, 0.15) is 5.82 Å². The Bertz CT molecular complexity index is 1350. The van der Waals surface area contributed by atoms with E-state index in [0.29, 0.717) is 50.3 Å². The standard InChI is InChI=1S/C31H36F7N3O2/c1-19-13-24(32)5-6-25(19)26-17-29(8-7-28(3)18-43-12-11-41(28)29)9-10-40(26)27(42)39(4)20(2)21-14-22(30(33,34)35)16-23(15-21)31(36,37)38/h5-6,13-16,20,26H,7-12,17-18H2,1-4H3/t20-,26+,28-,29+/m1/s1. The molecule has 0 saturated carbocycles. The quantitative estimate of drug-likeness (QED) is 0.332. The van der Waals surface area contributed by atoms with E-state index in [1.165, 1.54) is 31.0 Å². The largest absolute Gasteiger partial charge is 0.416 e. The van der Waals surface area contributed by atoms with Crippen LogP contribution in [0.1, 0.15) is 79.4 Å². The van der Waals surface area contributed by atoms with Crippen LogP contribution in [0.3, 0.4) is 0 Å². The van der Waals surface area contributed by atoms with Gasteiger partial charge in [0.05, 0.1) is 36.4 Å². The Kier molecular flexibility index (Phi) is 8.03. The topological polar surface area (TPSA) is 36.0 Å². The Morgan fingerprint density at radius 1 is 1.00 bits per heavy atom. The number of morpholine rings is 1. The van der Waals surface area contributed by atoms with Gasteiger partial charge in [-0.25, -0.2) is 9.18 Å². The number of likely N-dealkylation sites (tertiary alicyclic amines) is 1. The lowest BCUT2D eigenvalue weighted by atomic mass is 9.78. The fourth-order valence-electron chi connectivity index (χ4n) is 7.31. The molecular weight excluding hydrogens is 579 g/mol. The van der Waals surface area contributed by atoms with Gasteiger partial charge in [-0.05, 0) is 93.5 Å². The van der Waals surface area contributed by atoms with Gasteiger partial charge in [0.25, 0.3) is 0 Å². The Morgan fingerprint density at radius 2 is 1.65 bits per heavy atom. The van der Waals surface area contributed by atoms with E-state index >= 15 is 0 Å². The predicted octanol–water partition coefficient (Wildman–Crippen LogP) is 7.75. The van der Waals surface area contributed by atoms with Crippen molar-refractivity contribution in [3.8, 4) is 0 Å². The number of rotatable bonds is 3. The minimum Gasteiger partial charge on any atom is -0.378 e. The minimum absolute atomic E-state index is 0.0798. The molecule has 5 nitrogen and oxygen atoms in total. The lowest BCUT2D eigenvalue weighted by Gasteiger charge is -2.54. The molecule has 0 aliphatic carbocycles. The summed E-state index contributed by atoms with van der Waals surface area (Å²) in [7, 11) is 1.38. The Balaban J connectivity index is 1.49. The number of aryl methyl sites for hydroxylation is 1. The van der Waals surface area contributed by atoms with E-state index in [1.54, 1.807) is 17.9 Å². The molecule has 2 aromatic carbocycles. The van der Waals surface area contributed by atoms with Crippen molar-refractivity contribution in [2.75, 3.05) is 33.4 Å². The third-order valence-electron chi connectivity index (χ3n) is 9.80. The van der Waals surface area contributed by atoms with E-state index in [2.05, 4.69) is 11.8 Å². The number of nitrogens with zero attached hydrogens (tertiary/aromatic N) is 3. The number of amides is 2. The van der Waals surface area contributed by atoms with Crippen molar-refractivity contribution in [2.24, 2.45) is 0 Å². The Hall–Kier alpha value is -2.86. The molecule has 2 amide bonds. The first kappa shape index (κ1) is 31.6. The Morgan fingerprint density at radius 3 is 2.26 bits per heavy atom. The van der Waals surface area contributed by atoms with Gasteiger partial charge in [-0.3, -0.25) is 4.90 Å². The van der Waals surface area contributed by atoms with E-state index in [0.717, 1.165) is 24.9 Å². The molecule has 3 aliphatic rings. The van der Waals surface area contributed by atoms with Crippen molar-refractivity contribution in [1.29, 1.82) is 0 Å². The highest BCUT2D eigenvalue weighted by molar-refractivity contribution is 5.75. The van der Waals surface area contributed by atoms with Crippen molar-refractivity contribution in [1.82, 2.24) is 14.7 Å². The number of hydrogen-bond donors (Lipinski definition) is 0. The van der Waals surface area contributed by atoms with E-state index in [-0.39, 0.29) is 22.7 Å². The van der Waals surface area contributed by atoms with Gasteiger partial charge in [0.15, 0.2) is 0 Å². The molecule has 1 spiro atoms. The average Bonchev–Trinajstić information content (AvgIpc) is 3.22. The molecule has 0 unspecified atom stereocenters. The number of halogens is 7. The molecular formula is C31H36F7N3O2. The Labute approximate surface area is 246 Å². The van der Waals surface area contributed by atoms with E-state index in [9.17, 15) is 35.5 Å². The normalized spacial score (nSPS) is 27.3. The summed E-state index contributed by atoms with van der Waals surface area (Å²) in [5, 5.41) is 0. The fraction of sp³-hybridized carbons (Fsp3) is 0.581. The molecule has 0 radical (unpaired) electrons. The van der Waals surface area contributed by atoms with E-state index in [4.69, 9.17) is 4.74 Å². The smallest absolute Gasteiger partial charge is 0.378 e. The second kappa shape index (κ2) is 10.9. The zero-order valence-electron chi connectivity index (χ0n) is 24.6. The van der Waals surface area contributed by atoms with Crippen LogP contribution in [0.15, 0.2) is 36.4 Å². The maximum Gasteiger partial charge on any atom is 0.416 e. The minimum atomic E-state index is -5.00. The van der Waals surface area contributed by atoms with Crippen LogP contribution in [0.5, 0.6) is 0 Å². The summed E-state index contributed by atoms with van der Waals surface area (Å²) >= 11 is 0. The molecule has 3 saturated heterocycles. The second-order valence-corrected chi connectivity index (χ2v) is 12.5. The van der Waals surface area contributed by atoms with Gasteiger partial charge in [-0.15, -0.1) is 0 Å². The van der Waals surface area contributed by atoms with Crippen molar-refractivity contribution in [3.05, 3.63) is 70.0 Å². The molecule has 236 valence electrons. The van der Waals surface area contributed by atoms with Gasteiger partial charge >= 0.3 is 18.4 Å². The van der Waals surface area contributed by atoms with Gasteiger partial charge < -0.3 is 14.5 Å². The van der Waals surface area contributed by atoms with Crippen molar-refractivity contribution in [2.45, 2.75) is 82.0 Å².